The van der Waals surface area contributed by atoms with Crippen molar-refractivity contribution in [3.05, 3.63) is 21.7 Å². The number of nitrogens with zero attached hydrogens (tertiary/aromatic N) is 1. The highest BCUT2D eigenvalue weighted by Crippen LogP contribution is 2.26. The highest BCUT2D eigenvalue weighted by Gasteiger charge is 2.21. The number of aromatic nitrogens is 2. The molecule has 2 heterocycles. The summed E-state index contributed by atoms with van der Waals surface area (Å²) in [6.07, 6.45) is 7.03. The number of aryl methyl sites for hydroxylation is 1. The van der Waals surface area contributed by atoms with Crippen LogP contribution in [0.2, 0.25) is 0 Å². The summed E-state index contributed by atoms with van der Waals surface area (Å²) in [4.78, 5) is 8.11. The standard InChI is InChI=1S/C13H18N2OS/c17-13-10-5-1-2-6-11(10)14-12(15-13)9-4-3-7-16-8-9/h9H,1-8H2,(H,14,15,17). The van der Waals surface area contributed by atoms with Gasteiger partial charge in [-0.2, -0.15) is 0 Å². The van der Waals surface area contributed by atoms with Crippen LogP contribution in [0.4, 0.5) is 0 Å². The number of hydrogen-bond acceptors (Lipinski definition) is 3. The molecule has 0 saturated carbocycles. The van der Waals surface area contributed by atoms with Gasteiger partial charge >= 0.3 is 0 Å². The van der Waals surface area contributed by atoms with Gasteiger partial charge < -0.3 is 9.72 Å². The van der Waals surface area contributed by atoms with Crippen LogP contribution in [-0.4, -0.2) is 23.2 Å². The molecule has 1 unspecified atom stereocenters. The highest BCUT2D eigenvalue weighted by molar-refractivity contribution is 7.71. The third-order valence-corrected chi connectivity index (χ3v) is 4.11. The summed E-state index contributed by atoms with van der Waals surface area (Å²) in [6.45, 7) is 1.68. The van der Waals surface area contributed by atoms with Crippen molar-refractivity contribution in [1.82, 2.24) is 9.97 Å². The van der Waals surface area contributed by atoms with Crippen molar-refractivity contribution in [3.8, 4) is 0 Å². The highest BCUT2D eigenvalue weighted by atomic mass is 32.1. The van der Waals surface area contributed by atoms with Crippen LogP contribution in [0.15, 0.2) is 0 Å². The maximum atomic E-state index is 5.53. The maximum absolute atomic E-state index is 5.53. The van der Waals surface area contributed by atoms with Gasteiger partial charge in [-0.3, -0.25) is 0 Å². The minimum absolute atomic E-state index is 0.415. The summed E-state index contributed by atoms with van der Waals surface area (Å²) in [7, 11) is 0. The molecule has 2 aliphatic rings. The predicted molar refractivity (Wildman–Crippen MR) is 68.9 cm³/mol. The fourth-order valence-corrected chi connectivity index (χ4v) is 3.11. The van der Waals surface area contributed by atoms with E-state index in [4.69, 9.17) is 17.0 Å². The molecule has 1 aromatic heterocycles. The van der Waals surface area contributed by atoms with E-state index in [1.807, 2.05) is 0 Å². The number of rotatable bonds is 1. The quantitative estimate of drug-likeness (QED) is 0.779. The van der Waals surface area contributed by atoms with Crippen LogP contribution < -0.4 is 0 Å². The first-order chi connectivity index (χ1) is 8.34. The second-order valence-electron chi connectivity index (χ2n) is 5.01. The normalized spacial score (nSPS) is 24.4. The van der Waals surface area contributed by atoms with Crippen molar-refractivity contribution in [3.63, 3.8) is 0 Å². The van der Waals surface area contributed by atoms with E-state index in [1.165, 1.54) is 24.1 Å². The molecule has 0 bridgehead atoms. The minimum atomic E-state index is 0.415. The molecular formula is C13H18N2OS. The van der Waals surface area contributed by atoms with Gasteiger partial charge in [-0.15, -0.1) is 0 Å². The predicted octanol–water partition coefficient (Wildman–Crippen LogP) is 2.91. The van der Waals surface area contributed by atoms with Crippen molar-refractivity contribution in [2.45, 2.75) is 44.4 Å². The molecule has 0 aromatic carbocycles. The molecule has 0 amide bonds. The monoisotopic (exact) mass is 250 g/mol. The van der Waals surface area contributed by atoms with Crippen LogP contribution in [0.3, 0.4) is 0 Å². The Balaban J connectivity index is 1.95. The molecule has 1 N–H and O–H groups in total. The van der Waals surface area contributed by atoms with Crippen molar-refractivity contribution >= 4 is 12.2 Å². The summed E-state index contributed by atoms with van der Waals surface area (Å²) >= 11 is 5.42. The number of nitrogens with one attached hydrogen (secondary N) is 1. The Hall–Kier alpha value is -0.740. The van der Waals surface area contributed by atoms with Crippen LogP contribution >= 0.6 is 12.2 Å². The van der Waals surface area contributed by atoms with E-state index in [0.717, 1.165) is 49.4 Å². The van der Waals surface area contributed by atoms with E-state index in [-0.39, 0.29) is 0 Å². The van der Waals surface area contributed by atoms with E-state index < -0.39 is 0 Å². The SMILES string of the molecule is S=c1nc(C2CCCOC2)[nH]c2c1CCCC2. The molecule has 3 nitrogen and oxygen atoms in total. The van der Waals surface area contributed by atoms with E-state index in [0.29, 0.717) is 5.92 Å². The van der Waals surface area contributed by atoms with Gasteiger partial charge in [0.15, 0.2) is 0 Å². The number of ether oxygens (including phenoxy) is 1. The molecule has 1 aromatic rings. The van der Waals surface area contributed by atoms with Crippen LogP contribution in [0, 0.1) is 4.64 Å². The zero-order valence-electron chi connectivity index (χ0n) is 10.00. The van der Waals surface area contributed by atoms with Gasteiger partial charge in [-0.05, 0) is 38.5 Å². The molecule has 92 valence electrons. The van der Waals surface area contributed by atoms with Gasteiger partial charge in [0.1, 0.15) is 10.5 Å². The fraction of sp³-hybridized carbons (Fsp3) is 0.692. The van der Waals surface area contributed by atoms with Gasteiger partial charge in [0.25, 0.3) is 0 Å². The van der Waals surface area contributed by atoms with Gasteiger partial charge in [-0.1, -0.05) is 12.2 Å². The molecule has 0 radical (unpaired) electrons. The summed E-state index contributed by atoms with van der Waals surface area (Å²) in [5, 5.41) is 0. The zero-order chi connectivity index (χ0) is 11.7. The number of fused-ring (bicyclic) bond motifs is 1. The minimum Gasteiger partial charge on any atom is -0.381 e. The Bertz CT molecular complexity index is 463. The molecule has 1 fully saturated rings. The lowest BCUT2D eigenvalue weighted by Gasteiger charge is -2.23. The summed E-state index contributed by atoms with van der Waals surface area (Å²) in [5.74, 6) is 1.47. The summed E-state index contributed by atoms with van der Waals surface area (Å²) in [6, 6.07) is 0. The Morgan fingerprint density at radius 1 is 1.24 bits per heavy atom. The second-order valence-corrected chi connectivity index (χ2v) is 5.39. The molecular weight excluding hydrogens is 232 g/mol. The van der Waals surface area contributed by atoms with Gasteiger partial charge in [-0.25, -0.2) is 4.98 Å². The van der Waals surface area contributed by atoms with E-state index >= 15 is 0 Å². The lowest BCUT2D eigenvalue weighted by molar-refractivity contribution is 0.0779. The molecule has 0 spiro atoms. The summed E-state index contributed by atoms with van der Waals surface area (Å²) < 4.78 is 6.34. The fourth-order valence-electron chi connectivity index (χ4n) is 2.79. The molecule has 1 atom stereocenters. The number of aromatic amines is 1. The Kier molecular flexibility index (Phi) is 3.25. The van der Waals surface area contributed by atoms with Crippen LogP contribution in [0.25, 0.3) is 0 Å². The van der Waals surface area contributed by atoms with Gasteiger partial charge in [0.2, 0.25) is 0 Å². The molecule has 4 heteroatoms. The molecule has 3 rings (SSSR count). The van der Waals surface area contributed by atoms with E-state index in [2.05, 4.69) is 9.97 Å². The molecule has 1 aliphatic carbocycles. The van der Waals surface area contributed by atoms with Crippen LogP contribution in [-0.2, 0) is 17.6 Å². The Morgan fingerprint density at radius 3 is 2.94 bits per heavy atom. The first kappa shape index (κ1) is 11.4. The van der Waals surface area contributed by atoms with Crippen molar-refractivity contribution in [2.75, 3.05) is 13.2 Å². The second kappa shape index (κ2) is 4.86. The van der Waals surface area contributed by atoms with Crippen LogP contribution in [0.1, 0.15) is 48.7 Å². The van der Waals surface area contributed by atoms with Gasteiger partial charge in [0.05, 0.1) is 6.61 Å². The van der Waals surface area contributed by atoms with Crippen molar-refractivity contribution in [2.24, 2.45) is 0 Å². The first-order valence-corrected chi connectivity index (χ1v) is 6.95. The van der Waals surface area contributed by atoms with E-state index in [9.17, 15) is 0 Å². The maximum Gasteiger partial charge on any atom is 0.133 e. The largest absolute Gasteiger partial charge is 0.381 e. The zero-order valence-corrected chi connectivity index (χ0v) is 10.8. The van der Waals surface area contributed by atoms with Crippen LogP contribution in [0.5, 0.6) is 0 Å². The Labute approximate surface area is 107 Å². The molecule has 1 saturated heterocycles. The topological polar surface area (TPSA) is 37.9 Å². The Morgan fingerprint density at radius 2 is 2.12 bits per heavy atom. The first-order valence-electron chi connectivity index (χ1n) is 6.54. The van der Waals surface area contributed by atoms with E-state index in [1.54, 1.807) is 0 Å². The number of hydrogen-bond donors (Lipinski definition) is 1. The van der Waals surface area contributed by atoms with Crippen molar-refractivity contribution < 1.29 is 4.74 Å². The average molecular weight is 250 g/mol. The number of H-pyrrole nitrogens is 1. The third kappa shape index (κ3) is 2.29. The molecule has 1 aliphatic heterocycles. The summed E-state index contributed by atoms with van der Waals surface area (Å²) in [5.41, 5.74) is 2.61. The lowest BCUT2D eigenvalue weighted by Crippen LogP contribution is -2.20. The van der Waals surface area contributed by atoms with Crippen molar-refractivity contribution in [1.29, 1.82) is 0 Å². The molecule has 17 heavy (non-hydrogen) atoms. The lowest BCUT2D eigenvalue weighted by atomic mass is 9.96. The van der Waals surface area contributed by atoms with Gasteiger partial charge in [0, 0.05) is 23.8 Å². The third-order valence-electron chi connectivity index (χ3n) is 3.77. The average Bonchev–Trinajstić information content (AvgIpc) is 2.40. The smallest absolute Gasteiger partial charge is 0.133 e.